The van der Waals surface area contributed by atoms with E-state index in [1.807, 2.05) is 34.6 Å². The van der Waals surface area contributed by atoms with E-state index in [1.54, 1.807) is 22.7 Å². The minimum Gasteiger partial charge on any atom is -0.346 e. The molecule has 8 heteroatoms. The summed E-state index contributed by atoms with van der Waals surface area (Å²) in [6.45, 7) is 10.5. The van der Waals surface area contributed by atoms with Crippen LogP contribution in [0.5, 0.6) is 0 Å². The molecule has 3 rings (SSSR count). The number of nitrogens with zero attached hydrogens (tertiary/aromatic N) is 3. The Labute approximate surface area is 166 Å². The molecule has 8 nitrogen and oxygen atoms in total. The number of hydrogen-bond donors (Lipinski definition) is 2. The molecule has 3 heterocycles. The summed E-state index contributed by atoms with van der Waals surface area (Å²) in [5.74, 6) is -0.332. The molecule has 1 aromatic rings. The number of nitrogens with one attached hydrogen (secondary N) is 2. The van der Waals surface area contributed by atoms with Crippen LogP contribution in [0, 0.1) is 5.92 Å². The molecule has 2 fully saturated rings. The van der Waals surface area contributed by atoms with Crippen molar-refractivity contribution in [2.24, 2.45) is 13.0 Å². The molecule has 0 saturated carbocycles. The number of piperazine rings is 1. The van der Waals surface area contributed by atoms with Gasteiger partial charge in [-0.25, -0.2) is 0 Å². The number of aromatic nitrogens is 2. The lowest BCUT2D eigenvalue weighted by Crippen LogP contribution is -2.62. The molecule has 2 saturated heterocycles. The highest BCUT2D eigenvalue weighted by atomic mass is 16.2. The zero-order chi connectivity index (χ0) is 20.8. The van der Waals surface area contributed by atoms with Crippen molar-refractivity contribution in [3.05, 3.63) is 17.5 Å². The lowest BCUT2D eigenvalue weighted by Gasteiger charge is -2.36. The molecule has 28 heavy (non-hydrogen) atoms. The van der Waals surface area contributed by atoms with E-state index in [-0.39, 0.29) is 35.1 Å². The van der Waals surface area contributed by atoms with E-state index in [4.69, 9.17) is 0 Å². The summed E-state index contributed by atoms with van der Waals surface area (Å²) >= 11 is 0. The molecule has 0 unspecified atom stereocenters. The second kappa shape index (κ2) is 7.22. The van der Waals surface area contributed by atoms with Crippen LogP contribution >= 0.6 is 0 Å². The van der Waals surface area contributed by atoms with Gasteiger partial charge in [0.05, 0.1) is 5.69 Å². The Kier molecular flexibility index (Phi) is 5.25. The van der Waals surface area contributed by atoms with Gasteiger partial charge in [-0.3, -0.25) is 19.1 Å². The summed E-state index contributed by atoms with van der Waals surface area (Å²) < 4.78 is 1.58. The second-order valence-electron chi connectivity index (χ2n) is 9.07. The first-order chi connectivity index (χ1) is 13.0. The lowest BCUT2D eigenvalue weighted by molar-refractivity contribution is -0.148. The predicted molar refractivity (Wildman–Crippen MR) is 105 cm³/mol. The average molecular weight is 390 g/mol. The Bertz CT molecular complexity index is 794. The molecule has 3 amide bonds. The number of carbonyl (C=O) groups excluding carboxylic acids is 3. The van der Waals surface area contributed by atoms with E-state index in [2.05, 4.69) is 15.7 Å². The van der Waals surface area contributed by atoms with E-state index in [0.717, 1.165) is 12.1 Å². The van der Waals surface area contributed by atoms with Gasteiger partial charge in [-0.2, -0.15) is 5.10 Å². The van der Waals surface area contributed by atoms with Crippen LogP contribution in [0.4, 0.5) is 0 Å². The molecular weight excluding hydrogens is 358 g/mol. The van der Waals surface area contributed by atoms with E-state index in [0.29, 0.717) is 18.7 Å². The van der Waals surface area contributed by atoms with Gasteiger partial charge in [0, 0.05) is 25.0 Å². The third kappa shape index (κ3) is 3.64. The van der Waals surface area contributed by atoms with Crippen LogP contribution in [0.3, 0.4) is 0 Å². The van der Waals surface area contributed by atoms with Crippen LogP contribution in [-0.2, 0) is 22.1 Å². The van der Waals surface area contributed by atoms with Crippen LogP contribution in [0.2, 0.25) is 0 Å². The van der Waals surface area contributed by atoms with Gasteiger partial charge in [0.15, 0.2) is 0 Å². The topological polar surface area (TPSA) is 96.3 Å². The average Bonchev–Trinajstić information content (AvgIpc) is 3.21. The zero-order valence-corrected chi connectivity index (χ0v) is 17.6. The van der Waals surface area contributed by atoms with Crippen LogP contribution < -0.4 is 10.6 Å². The van der Waals surface area contributed by atoms with Crippen LogP contribution in [0.25, 0.3) is 0 Å². The summed E-state index contributed by atoms with van der Waals surface area (Å²) in [6, 6.07) is 0.564. The third-order valence-corrected chi connectivity index (χ3v) is 5.88. The molecule has 0 aliphatic carbocycles. The molecule has 154 valence electrons. The fourth-order valence-electron chi connectivity index (χ4n) is 3.85. The summed E-state index contributed by atoms with van der Waals surface area (Å²) in [7, 11) is 1.75. The van der Waals surface area contributed by atoms with Gasteiger partial charge in [0.1, 0.15) is 17.8 Å². The van der Waals surface area contributed by atoms with Gasteiger partial charge in [-0.05, 0) is 18.4 Å². The number of rotatable bonds is 4. The highest BCUT2D eigenvalue weighted by Gasteiger charge is 2.47. The van der Waals surface area contributed by atoms with Crippen molar-refractivity contribution in [3.63, 3.8) is 0 Å². The highest BCUT2D eigenvalue weighted by molar-refractivity contribution is 5.98. The number of amides is 3. The minimum absolute atomic E-state index is 0.0498. The SMILES string of the molecule is CC[C@H](C)[C@@H]1NC(=O)[C@@H]2C[C@H](NC(=O)c3cc(C(C)(C)C)nn3C)CN2C1=O. The standard InChI is InChI=1S/C20H31N5O3/c1-7-11(2)16-19(28)25-10-12(8-14(25)18(27)22-16)21-17(26)13-9-15(20(3,4)5)23-24(13)6/h9,11-12,14,16H,7-8,10H2,1-6H3,(H,21,26)(H,22,27)/t11-,12-,14-,16-/m0/s1. The monoisotopic (exact) mass is 389 g/mol. The molecule has 1 aromatic heterocycles. The summed E-state index contributed by atoms with van der Waals surface area (Å²) in [4.78, 5) is 39.7. The molecule has 4 atom stereocenters. The fourth-order valence-corrected chi connectivity index (χ4v) is 3.85. The summed E-state index contributed by atoms with van der Waals surface area (Å²) in [5, 5.41) is 10.3. The van der Waals surface area contributed by atoms with Gasteiger partial charge >= 0.3 is 0 Å². The van der Waals surface area contributed by atoms with Gasteiger partial charge < -0.3 is 15.5 Å². The number of fused-ring (bicyclic) bond motifs is 1. The first-order valence-corrected chi connectivity index (χ1v) is 9.99. The first-order valence-electron chi connectivity index (χ1n) is 9.99. The Morgan fingerprint density at radius 1 is 1.39 bits per heavy atom. The van der Waals surface area contributed by atoms with Crippen molar-refractivity contribution in [1.29, 1.82) is 0 Å². The molecule has 0 aromatic carbocycles. The predicted octanol–water partition coefficient (Wildman–Crippen LogP) is 0.961. The van der Waals surface area contributed by atoms with Crippen molar-refractivity contribution < 1.29 is 14.4 Å². The summed E-state index contributed by atoms with van der Waals surface area (Å²) in [6.07, 6.45) is 1.24. The smallest absolute Gasteiger partial charge is 0.269 e. The first kappa shape index (κ1) is 20.4. The fraction of sp³-hybridized carbons (Fsp3) is 0.700. The minimum atomic E-state index is -0.505. The zero-order valence-electron chi connectivity index (χ0n) is 17.6. The van der Waals surface area contributed by atoms with Gasteiger partial charge in [-0.15, -0.1) is 0 Å². The van der Waals surface area contributed by atoms with Crippen molar-refractivity contribution in [3.8, 4) is 0 Å². The Morgan fingerprint density at radius 2 is 2.07 bits per heavy atom. The normalized spacial score (nSPS) is 26.1. The molecule has 0 bridgehead atoms. The van der Waals surface area contributed by atoms with Crippen molar-refractivity contribution in [2.45, 2.75) is 71.0 Å². The van der Waals surface area contributed by atoms with E-state index >= 15 is 0 Å². The molecule has 2 aliphatic heterocycles. The van der Waals surface area contributed by atoms with Crippen molar-refractivity contribution in [2.75, 3.05) is 6.54 Å². The quantitative estimate of drug-likeness (QED) is 0.802. The van der Waals surface area contributed by atoms with Crippen LogP contribution in [0.15, 0.2) is 6.07 Å². The van der Waals surface area contributed by atoms with Crippen molar-refractivity contribution >= 4 is 17.7 Å². The molecule has 0 radical (unpaired) electrons. The maximum absolute atomic E-state index is 12.8. The third-order valence-electron chi connectivity index (χ3n) is 5.88. The molecular formula is C20H31N5O3. The Hall–Kier alpha value is -2.38. The maximum Gasteiger partial charge on any atom is 0.269 e. The van der Waals surface area contributed by atoms with E-state index < -0.39 is 12.1 Å². The van der Waals surface area contributed by atoms with Gasteiger partial charge in [0.25, 0.3) is 5.91 Å². The largest absolute Gasteiger partial charge is 0.346 e. The summed E-state index contributed by atoms with van der Waals surface area (Å²) in [5.41, 5.74) is 1.16. The lowest BCUT2D eigenvalue weighted by atomic mass is 9.92. The Balaban J connectivity index is 1.71. The second-order valence-corrected chi connectivity index (χ2v) is 9.07. The van der Waals surface area contributed by atoms with Gasteiger partial charge in [0.2, 0.25) is 11.8 Å². The molecule has 2 aliphatic rings. The van der Waals surface area contributed by atoms with Crippen LogP contribution in [-0.4, -0.2) is 57.1 Å². The molecule has 0 spiro atoms. The highest BCUT2D eigenvalue weighted by Crippen LogP contribution is 2.26. The van der Waals surface area contributed by atoms with E-state index in [1.165, 1.54) is 0 Å². The number of carbonyl (C=O) groups is 3. The molecule has 2 N–H and O–H groups in total. The maximum atomic E-state index is 12.8. The van der Waals surface area contributed by atoms with Crippen molar-refractivity contribution in [1.82, 2.24) is 25.3 Å². The Morgan fingerprint density at radius 3 is 2.64 bits per heavy atom. The van der Waals surface area contributed by atoms with Gasteiger partial charge in [-0.1, -0.05) is 41.0 Å². The number of hydrogen-bond acceptors (Lipinski definition) is 4. The van der Waals surface area contributed by atoms with Crippen LogP contribution in [0.1, 0.15) is 63.6 Å². The van der Waals surface area contributed by atoms with E-state index in [9.17, 15) is 14.4 Å². The number of aryl methyl sites for hydroxylation is 1.